The lowest BCUT2D eigenvalue weighted by molar-refractivity contribution is 0.481. The molecular weight excluding hydrogens is 174 g/mol. The van der Waals surface area contributed by atoms with Crippen molar-refractivity contribution in [3.05, 3.63) is 36.0 Å². The van der Waals surface area contributed by atoms with Crippen LogP contribution in [0.2, 0.25) is 0 Å². The van der Waals surface area contributed by atoms with Crippen molar-refractivity contribution in [1.82, 2.24) is 4.98 Å². The molecule has 2 aromatic rings. The van der Waals surface area contributed by atoms with Gasteiger partial charge < -0.3 is 5.11 Å². The molecule has 0 aliphatic heterocycles. The number of phenols is 1. The maximum Gasteiger partial charge on any atom is 0.124 e. The van der Waals surface area contributed by atoms with Gasteiger partial charge in [-0.15, -0.1) is 0 Å². The van der Waals surface area contributed by atoms with Crippen LogP contribution in [0.1, 0.15) is 25.3 Å². The smallest absolute Gasteiger partial charge is 0.124 e. The van der Waals surface area contributed by atoms with Crippen LogP contribution >= 0.6 is 0 Å². The molecule has 0 spiro atoms. The quantitative estimate of drug-likeness (QED) is 0.744. The van der Waals surface area contributed by atoms with Crippen LogP contribution in [0.25, 0.3) is 10.9 Å². The van der Waals surface area contributed by atoms with Crippen molar-refractivity contribution in [2.24, 2.45) is 0 Å². The summed E-state index contributed by atoms with van der Waals surface area (Å²) in [5.41, 5.74) is 1.99. The van der Waals surface area contributed by atoms with Gasteiger partial charge in [0, 0.05) is 11.6 Å². The Morgan fingerprint density at radius 1 is 1.29 bits per heavy atom. The van der Waals surface area contributed by atoms with Gasteiger partial charge in [-0.25, -0.2) is 0 Å². The lowest BCUT2D eigenvalue weighted by Gasteiger charge is -2.06. The Kier molecular flexibility index (Phi) is 2.12. The first-order valence-corrected chi connectivity index (χ1v) is 4.76. The van der Waals surface area contributed by atoms with Crippen LogP contribution in [0, 0.1) is 0 Å². The Labute approximate surface area is 83.2 Å². The summed E-state index contributed by atoms with van der Waals surface area (Å²) in [5.74, 6) is 0.740. The number of aromatic hydroxyl groups is 1. The SMILES string of the molecule is CC(C)c1cnc2cccc(O)c2c1. The van der Waals surface area contributed by atoms with Gasteiger partial charge in [0.05, 0.1) is 5.52 Å². The Morgan fingerprint density at radius 3 is 2.79 bits per heavy atom. The molecule has 72 valence electrons. The maximum absolute atomic E-state index is 9.64. The molecule has 0 fully saturated rings. The number of benzene rings is 1. The zero-order chi connectivity index (χ0) is 10.1. The predicted octanol–water partition coefficient (Wildman–Crippen LogP) is 3.06. The van der Waals surface area contributed by atoms with Gasteiger partial charge in [-0.05, 0) is 29.7 Å². The first kappa shape index (κ1) is 9.00. The van der Waals surface area contributed by atoms with E-state index in [1.54, 1.807) is 12.1 Å². The zero-order valence-electron chi connectivity index (χ0n) is 8.36. The molecule has 0 atom stereocenters. The van der Waals surface area contributed by atoms with Gasteiger partial charge in [-0.2, -0.15) is 0 Å². The third-order valence-electron chi connectivity index (χ3n) is 2.39. The summed E-state index contributed by atoms with van der Waals surface area (Å²) in [6.07, 6.45) is 1.87. The number of hydrogen-bond acceptors (Lipinski definition) is 2. The molecule has 0 radical (unpaired) electrons. The lowest BCUT2D eigenvalue weighted by atomic mass is 10.0. The molecule has 14 heavy (non-hydrogen) atoms. The van der Waals surface area contributed by atoms with Gasteiger partial charge in [-0.3, -0.25) is 4.98 Å². The van der Waals surface area contributed by atoms with Gasteiger partial charge in [0.15, 0.2) is 0 Å². The minimum atomic E-state index is 0.303. The first-order chi connectivity index (χ1) is 6.68. The summed E-state index contributed by atoms with van der Waals surface area (Å²) in [5, 5.41) is 10.5. The van der Waals surface area contributed by atoms with Crippen LogP contribution in [-0.2, 0) is 0 Å². The van der Waals surface area contributed by atoms with Crippen LogP contribution in [0.3, 0.4) is 0 Å². The molecule has 1 aromatic carbocycles. The molecule has 0 saturated carbocycles. The van der Waals surface area contributed by atoms with Crippen molar-refractivity contribution in [3.63, 3.8) is 0 Å². The van der Waals surface area contributed by atoms with Gasteiger partial charge in [0.2, 0.25) is 0 Å². The van der Waals surface area contributed by atoms with E-state index in [9.17, 15) is 5.11 Å². The first-order valence-electron chi connectivity index (χ1n) is 4.76. The van der Waals surface area contributed by atoms with Crippen molar-refractivity contribution in [2.75, 3.05) is 0 Å². The van der Waals surface area contributed by atoms with Crippen molar-refractivity contribution < 1.29 is 5.11 Å². The predicted molar refractivity (Wildman–Crippen MR) is 57.5 cm³/mol. The second kappa shape index (κ2) is 3.29. The average molecular weight is 187 g/mol. The summed E-state index contributed by atoms with van der Waals surface area (Å²) in [7, 11) is 0. The van der Waals surface area contributed by atoms with Crippen LogP contribution in [0.4, 0.5) is 0 Å². The number of hydrogen-bond donors (Lipinski definition) is 1. The van der Waals surface area contributed by atoms with E-state index in [0.29, 0.717) is 11.7 Å². The largest absolute Gasteiger partial charge is 0.507 e. The van der Waals surface area contributed by atoms with Gasteiger partial charge in [-0.1, -0.05) is 19.9 Å². The molecule has 0 saturated heterocycles. The number of rotatable bonds is 1. The number of pyridine rings is 1. The highest BCUT2D eigenvalue weighted by atomic mass is 16.3. The standard InChI is InChI=1S/C12H13NO/c1-8(2)9-6-10-11(13-7-9)4-3-5-12(10)14/h3-8,14H,1-2H3. The molecular formula is C12H13NO. The molecule has 0 amide bonds. The van der Waals surface area contributed by atoms with Crippen molar-refractivity contribution >= 4 is 10.9 Å². The second-order valence-electron chi connectivity index (χ2n) is 3.77. The molecule has 2 heteroatoms. The number of aromatic nitrogens is 1. The molecule has 0 aliphatic carbocycles. The molecule has 1 aromatic heterocycles. The van der Waals surface area contributed by atoms with Gasteiger partial charge >= 0.3 is 0 Å². The third-order valence-corrected chi connectivity index (χ3v) is 2.39. The highest BCUT2D eigenvalue weighted by Crippen LogP contribution is 2.25. The monoisotopic (exact) mass is 187 g/mol. The minimum Gasteiger partial charge on any atom is -0.507 e. The van der Waals surface area contributed by atoms with E-state index in [1.807, 2.05) is 18.3 Å². The van der Waals surface area contributed by atoms with Crippen LogP contribution < -0.4 is 0 Å². The fourth-order valence-electron chi connectivity index (χ4n) is 1.47. The van der Waals surface area contributed by atoms with E-state index >= 15 is 0 Å². The van der Waals surface area contributed by atoms with Crippen molar-refractivity contribution in [3.8, 4) is 5.75 Å². The molecule has 1 N–H and O–H groups in total. The fourth-order valence-corrected chi connectivity index (χ4v) is 1.47. The Bertz CT molecular complexity index is 463. The van der Waals surface area contributed by atoms with Crippen molar-refractivity contribution in [2.45, 2.75) is 19.8 Å². The summed E-state index contributed by atoms with van der Waals surface area (Å²) in [6, 6.07) is 7.40. The van der Waals surface area contributed by atoms with E-state index in [2.05, 4.69) is 18.8 Å². The molecule has 2 nitrogen and oxygen atoms in total. The zero-order valence-corrected chi connectivity index (χ0v) is 8.36. The summed E-state index contributed by atoms with van der Waals surface area (Å²) >= 11 is 0. The minimum absolute atomic E-state index is 0.303. The summed E-state index contributed by atoms with van der Waals surface area (Å²) < 4.78 is 0. The van der Waals surface area contributed by atoms with Crippen LogP contribution in [0.5, 0.6) is 5.75 Å². The van der Waals surface area contributed by atoms with Crippen LogP contribution in [-0.4, -0.2) is 10.1 Å². The highest BCUT2D eigenvalue weighted by molar-refractivity contribution is 5.85. The van der Waals surface area contributed by atoms with E-state index in [-0.39, 0.29) is 0 Å². The molecule has 2 rings (SSSR count). The van der Waals surface area contributed by atoms with E-state index in [4.69, 9.17) is 0 Å². The van der Waals surface area contributed by atoms with E-state index < -0.39 is 0 Å². The number of nitrogens with zero attached hydrogens (tertiary/aromatic N) is 1. The maximum atomic E-state index is 9.64. The highest BCUT2D eigenvalue weighted by Gasteiger charge is 2.04. The second-order valence-corrected chi connectivity index (χ2v) is 3.77. The molecule has 0 bridgehead atoms. The third kappa shape index (κ3) is 1.43. The van der Waals surface area contributed by atoms with E-state index in [0.717, 1.165) is 16.5 Å². The van der Waals surface area contributed by atoms with Gasteiger partial charge in [0.1, 0.15) is 5.75 Å². The topological polar surface area (TPSA) is 33.1 Å². The lowest BCUT2D eigenvalue weighted by Crippen LogP contribution is -1.89. The number of fused-ring (bicyclic) bond motifs is 1. The van der Waals surface area contributed by atoms with Crippen molar-refractivity contribution in [1.29, 1.82) is 0 Å². The molecule has 0 unspecified atom stereocenters. The summed E-state index contributed by atoms with van der Waals surface area (Å²) in [6.45, 7) is 4.23. The van der Waals surface area contributed by atoms with E-state index in [1.165, 1.54) is 0 Å². The Balaban J connectivity index is 2.70. The van der Waals surface area contributed by atoms with Gasteiger partial charge in [0.25, 0.3) is 0 Å². The number of phenolic OH excluding ortho intramolecular Hbond substituents is 1. The normalized spacial score (nSPS) is 11.1. The fraction of sp³-hybridized carbons (Fsp3) is 0.250. The Hall–Kier alpha value is -1.57. The molecule has 1 heterocycles. The average Bonchev–Trinajstić information content (AvgIpc) is 2.18. The van der Waals surface area contributed by atoms with Crippen LogP contribution in [0.15, 0.2) is 30.5 Å². The summed E-state index contributed by atoms with van der Waals surface area (Å²) in [4.78, 5) is 4.30. The molecule has 0 aliphatic rings. The Morgan fingerprint density at radius 2 is 2.07 bits per heavy atom.